The predicted octanol–water partition coefficient (Wildman–Crippen LogP) is 2.77. The van der Waals surface area contributed by atoms with Crippen LogP contribution in [0.4, 0.5) is 4.79 Å². The summed E-state index contributed by atoms with van der Waals surface area (Å²) in [6.07, 6.45) is 1.67. The van der Waals surface area contributed by atoms with Crippen molar-refractivity contribution in [3.8, 4) is 0 Å². The number of amides is 1. The first-order valence-corrected chi connectivity index (χ1v) is 8.26. The Morgan fingerprint density at radius 2 is 1.77 bits per heavy atom. The van der Waals surface area contributed by atoms with Gasteiger partial charge < -0.3 is 20.1 Å². The van der Waals surface area contributed by atoms with Crippen LogP contribution in [0.3, 0.4) is 0 Å². The summed E-state index contributed by atoms with van der Waals surface area (Å²) in [5, 5.41) is 13.4. The van der Waals surface area contributed by atoms with Gasteiger partial charge in [0, 0.05) is 25.7 Å². The number of carbonyl (C=O) groups is 1. The summed E-state index contributed by atoms with van der Waals surface area (Å²) < 4.78 is 5.43. The van der Waals surface area contributed by atoms with Gasteiger partial charge in [0.1, 0.15) is 5.60 Å². The number of piperidine rings is 1. The highest BCUT2D eigenvalue weighted by atomic mass is 16.6. The third kappa shape index (κ3) is 6.13. The summed E-state index contributed by atoms with van der Waals surface area (Å²) in [6, 6.07) is 0.0354. The molecule has 1 aliphatic rings. The van der Waals surface area contributed by atoms with E-state index in [4.69, 9.17) is 4.74 Å². The number of hydrogen-bond donors (Lipinski definition) is 2. The van der Waals surface area contributed by atoms with Crippen LogP contribution in [0, 0.1) is 5.41 Å². The van der Waals surface area contributed by atoms with Gasteiger partial charge in [-0.25, -0.2) is 4.79 Å². The Hall–Kier alpha value is -0.810. The standard InChI is InChI=1S/C17H34N2O3/c1-13(16(5,6)21)18-12-17(7)8-10-19(11-9-17)14(20)22-15(2,3)4/h13,18,21H,8-12H2,1-7H3. The second-order valence-electron chi connectivity index (χ2n) is 8.53. The molecule has 1 fully saturated rings. The highest BCUT2D eigenvalue weighted by molar-refractivity contribution is 5.68. The van der Waals surface area contributed by atoms with Gasteiger partial charge in [-0.3, -0.25) is 0 Å². The minimum atomic E-state index is -0.729. The van der Waals surface area contributed by atoms with Gasteiger partial charge in [-0.1, -0.05) is 6.92 Å². The molecule has 0 aromatic heterocycles. The van der Waals surface area contributed by atoms with E-state index >= 15 is 0 Å². The molecule has 0 saturated carbocycles. The Labute approximate surface area is 135 Å². The van der Waals surface area contributed by atoms with Crippen molar-refractivity contribution in [1.82, 2.24) is 10.2 Å². The summed E-state index contributed by atoms with van der Waals surface area (Å²) >= 11 is 0. The van der Waals surface area contributed by atoms with E-state index < -0.39 is 11.2 Å². The number of nitrogens with zero attached hydrogens (tertiary/aromatic N) is 1. The average molecular weight is 314 g/mol. The maximum absolute atomic E-state index is 12.1. The lowest BCUT2D eigenvalue weighted by molar-refractivity contribution is 0.00905. The molecule has 1 atom stereocenters. The number of likely N-dealkylation sites (tertiary alicyclic amines) is 1. The average Bonchev–Trinajstić information content (AvgIpc) is 2.33. The Morgan fingerprint density at radius 3 is 2.18 bits per heavy atom. The molecule has 22 heavy (non-hydrogen) atoms. The maximum atomic E-state index is 12.1. The predicted molar refractivity (Wildman–Crippen MR) is 88.9 cm³/mol. The number of carbonyl (C=O) groups excluding carboxylic acids is 1. The smallest absolute Gasteiger partial charge is 0.410 e. The third-order valence-corrected chi connectivity index (χ3v) is 4.52. The summed E-state index contributed by atoms with van der Waals surface area (Å²) in [7, 11) is 0. The lowest BCUT2D eigenvalue weighted by atomic mass is 9.80. The molecule has 0 aromatic carbocycles. The second-order valence-corrected chi connectivity index (χ2v) is 8.53. The van der Waals surface area contributed by atoms with Crippen LogP contribution in [0.1, 0.15) is 61.3 Å². The van der Waals surface area contributed by atoms with Crippen molar-refractivity contribution in [2.24, 2.45) is 5.41 Å². The van der Waals surface area contributed by atoms with Gasteiger partial charge in [0.05, 0.1) is 5.60 Å². The van der Waals surface area contributed by atoms with Crippen LogP contribution in [0.2, 0.25) is 0 Å². The molecule has 0 spiro atoms. The highest BCUT2D eigenvalue weighted by Crippen LogP contribution is 2.31. The molecule has 0 radical (unpaired) electrons. The van der Waals surface area contributed by atoms with Crippen molar-refractivity contribution in [2.75, 3.05) is 19.6 Å². The zero-order valence-corrected chi connectivity index (χ0v) is 15.3. The molecule has 0 aromatic rings. The van der Waals surface area contributed by atoms with E-state index in [-0.39, 0.29) is 17.6 Å². The van der Waals surface area contributed by atoms with E-state index in [1.165, 1.54) is 0 Å². The van der Waals surface area contributed by atoms with Crippen LogP contribution in [0.5, 0.6) is 0 Å². The van der Waals surface area contributed by atoms with E-state index in [1.54, 1.807) is 4.90 Å². The van der Waals surface area contributed by atoms with Crippen LogP contribution in [0.15, 0.2) is 0 Å². The van der Waals surface area contributed by atoms with E-state index in [2.05, 4.69) is 12.2 Å². The first kappa shape index (κ1) is 19.2. The first-order valence-electron chi connectivity index (χ1n) is 8.26. The Balaban J connectivity index is 2.45. The minimum absolute atomic E-state index is 0.0354. The molecule has 1 saturated heterocycles. The molecule has 1 aliphatic heterocycles. The molecule has 5 heteroatoms. The van der Waals surface area contributed by atoms with Gasteiger partial charge in [-0.2, -0.15) is 0 Å². The SMILES string of the molecule is CC(NCC1(C)CCN(C(=O)OC(C)(C)C)CC1)C(C)(C)O. The number of nitrogens with one attached hydrogen (secondary N) is 1. The van der Waals surface area contributed by atoms with Crippen LogP contribution in [0.25, 0.3) is 0 Å². The normalized spacial score (nSPS) is 20.6. The van der Waals surface area contributed by atoms with E-state index in [0.29, 0.717) is 0 Å². The zero-order chi connectivity index (χ0) is 17.2. The van der Waals surface area contributed by atoms with Gasteiger partial charge in [-0.15, -0.1) is 0 Å². The summed E-state index contributed by atoms with van der Waals surface area (Å²) in [6.45, 7) is 15.8. The quantitative estimate of drug-likeness (QED) is 0.837. The minimum Gasteiger partial charge on any atom is -0.444 e. The molecule has 130 valence electrons. The molecule has 0 bridgehead atoms. The van der Waals surface area contributed by atoms with Gasteiger partial charge in [0.2, 0.25) is 0 Å². The Kier molecular flexibility index (Phi) is 5.90. The number of hydrogen-bond acceptors (Lipinski definition) is 4. The van der Waals surface area contributed by atoms with Crippen molar-refractivity contribution in [3.63, 3.8) is 0 Å². The fraction of sp³-hybridized carbons (Fsp3) is 0.941. The van der Waals surface area contributed by atoms with Crippen LogP contribution >= 0.6 is 0 Å². The fourth-order valence-electron chi connectivity index (χ4n) is 2.38. The summed E-state index contributed by atoms with van der Waals surface area (Å²) in [4.78, 5) is 13.9. The number of rotatable bonds is 4. The largest absolute Gasteiger partial charge is 0.444 e. The highest BCUT2D eigenvalue weighted by Gasteiger charge is 2.34. The summed E-state index contributed by atoms with van der Waals surface area (Å²) in [5.41, 5.74) is -1.02. The van der Waals surface area contributed by atoms with Crippen molar-refractivity contribution in [1.29, 1.82) is 0 Å². The number of ether oxygens (including phenoxy) is 1. The van der Waals surface area contributed by atoms with Crippen LogP contribution in [-0.4, -0.2) is 53.0 Å². The summed E-state index contributed by atoms with van der Waals surface area (Å²) in [5.74, 6) is 0. The lowest BCUT2D eigenvalue weighted by Crippen LogP contribution is -2.51. The molecule has 1 amide bonds. The van der Waals surface area contributed by atoms with Gasteiger partial charge >= 0.3 is 6.09 Å². The monoisotopic (exact) mass is 314 g/mol. The first-order chi connectivity index (χ1) is 9.82. The van der Waals surface area contributed by atoms with Crippen molar-refractivity contribution in [2.45, 2.75) is 78.6 Å². The Morgan fingerprint density at radius 1 is 1.27 bits per heavy atom. The maximum Gasteiger partial charge on any atom is 0.410 e. The molecule has 0 aliphatic carbocycles. The van der Waals surface area contributed by atoms with Gasteiger partial charge in [-0.05, 0) is 59.8 Å². The van der Waals surface area contributed by atoms with Crippen molar-refractivity contribution < 1.29 is 14.6 Å². The van der Waals surface area contributed by atoms with Gasteiger partial charge in [0.15, 0.2) is 0 Å². The molecule has 2 N–H and O–H groups in total. The van der Waals surface area contributed by atoms with Crippen molar-refractivity contribution >= 4 is 6.09 Å². The zero-order valence-electron chi connectivity index (χ0n) is 15.3. The Bertz CT molecular complexity index is 374. The molecular formula is C17H34N2O3. The molecule has 1 unspecified atom stereocenters. The van der Waals surface area contributed by atoms with E-state index in [1.807, 2.05) is 41.5 Å². The molecular weight excluding hydrogens is 280 g/mol. The third-order valence-electron chi connectivity index (χ3n) is 4.52. The fourth-order valence-corrected chi connectivity index (χ4v) is 2.38. The van der Waals surface area contributed by atoms with Crippen LogP contribution < -0.4 is 5.32 Å². The molecule has 1 heterocycles. The van der Waals surface area contributed by atoms with Crippen LogP contribution in [-0.2, 0) is 4.74 Å². The van der Waals surface area contributed by atoms with E-state index in [9.17, 15) is 9.90 Å². The molecule has 5 nitrogen and oxygen atoms in total. The van der Waals surface area contributed by atoms with E-state index in [0.717, 1.165) is 32.5 Å². The topological polar surface area (TPSA) is 61.8 Å². The van der Waals surface area contributed by atoms with Crippen molar-refractivity contribution in [3.05, 3.63) is 0 Å². The van der Waals surface area contributed by atoms with Gasteiger partial charge in [0.25, 0.3) is 0 Å². The second kappa shape index (κ2) is 6.75. The lowest BCUT2D eigenvalue weighted by Gasteiger charge is -2.41. The molecule has 1 rings (SSSR count). The number of aliphatic hydroxyl groups is 1.